The van der Waals surface area contributed by atoms with Gasteiger partial charge in [-0.1, -0.05) is 0 Å². The Kier molecular flexibility index (Phi) is 4.22. The molecule has 0 atom stereocenters. The van der Waals surface area contributed by atoms with Gasteiger partial charge in [0.15, 0.2) is 0 Å². The molecule has 0 aromatic heterocycles. The molecule has 0 bridgehead atoms. The molecule has 1 fully saturated rings. The van der Waals surface area contributed by atoms with E-state index in [2.05, 4.69) is 10.1 Å². The smallest absolute Gasteiger partial charge is 0.407 e. The highest BCUT2D eigenvalue weighted by molar-refractivity contribution is 5.77. The lowest BCUT2D eigenvalue weighted by molar-refractivity contribution is -0.147. The van der Waals surface area contributed by atoms with Gasteiger partial charge < -0.3 is 14.8 Å². The zero-order valence-electron chi connectivity index (χ0n) is 8.25. The Labute approximate surface area is 82.8 Å². The Hall–Kier alpha value is -1.26. The van der Waals surface area contributed by atoms with Crippen LogP contribution in [0, 0.1) is 0 Å². The maximum atomic E-state index is 11.1. The van der Waals surface area contributed by atoms with Gasteiger partial charge >= 0.3 is 12.1 Å². The Morgan fingerprint density at radius 3 is 2.57 bits per heavy atom. The van der Waals surface area contributed by atoms with Crippen molar-refractivity contribution in [2.24, 2.45) is 0 Å². The molecule has 0 spiro atoms. The summed E-state index contributed by atoms with van der Waals surface area (Å²) in [7, 11) is 1.25. The molecule has 0 aromatic carbocycles. The molecular weight excluding hydrogens is 186 g/mol. The zero-order valence-corrected chi connectivity index (χ0v) is 8.25. The SMILES string of the molecule is COC(=O)NCC(=O)OC1CCCC1. The number of alkyl carbamates (subject to hydrolysis) is 1. The molecule has 1 amide bonds. The zero-order chi connectivity index (χ0) is 10.4. The lowest BCUT2D eigenvalue weighted by atomic mass is 10.3. The van der Waals surface area contributed by atoms with E-state index < -0.39 is 12.1 Å². The fourth-order valence-electron chi connectivity index (χ4n) is 1.45. The minimum Gasteiger partial charge on any atom is -0.461 e. The Bertz CT molecular complexity index is 211. The number of rotatable bonds is 3. The molecule has 0 saturated heterocycles. The fourth-order valence-corrected chi connectivity index (χ4v) is 1.45. The van der Waals surface area contributed by atoms with E-state index >= 15 is 0 Å². The summed E-state index contributed by atoms with van der Waals surface area (Å²) in [5, 5.41) is 2.27. The summed E-state index contributed by atoms with van der Waals surface area (Å²) >= 11 is 0. The van der Waals surface area contributed by atoms with Gasteiger partial charge in [-0.15, -0.1) is 0 Å². The first-order valence-electron chi connectivity index (χ1n) is 4.73. The highest BCUT2D eigenvalue weighted by atomic mass is 16.6. The molecule has 0 aromatic rings. The number of carbonyl (C=O) groups excluding carboxylic acids is 2. The molecule has 14 heavy (non-hydrogen) atoms. The van der Waals surface area contributed by atoms with Crippen LogP contribution in [0.25, 0.3) is 0 Å². The Morgan fingerprint density at radius 1 is 1.36 bits per heavy atom. The number of carbonyl (C=O) groups is 2. The van der Waals surface area contributed by atoms with Gasteiger partial charge in [0.25, 0.3) is 0 Å². The number of methoxy groups -OCH3 is 1. The molecule has 1 aliphatic rings. The van der Waals surface area contributed by atoms with Crippen LogP contribution in [0.1, 0.15) is 25.7 Å². The minimum absolute atomic E-state index is 0.0435. The van der Waals surface area contributed by atoms with Gasteiger partial charge in [-0.2, -0.15) is 0 Å². The van der Waals surface area contributed by atoms with Crippen LogP contribution in [0.5, 0.6) is 0 Å². The number of nitrogens with one attached hydrogen (secondary N) is 1. The average Bonchev–Trinajstić information content (AvgIpc) is 2.66. The van der Waals surface area contributed by atoms with Gasteiger partial charge in [-0.3, -0.25) is 4.79 Å². The average molecular weight is 201 g/mol. The molecule has 1 aliphatic carbocycles. The van der Waals surface area contributed by atoms with Crippen LogP contribution in [-0.2, 0) is 14.3 Å². The van der Waals surface area contributed by atoms with Crippen molar-refractivity contribution >= 4 is 12.1 Å². The standard InChI is InChI=1S/C9H15NO4/c1-13-9(12)10-6-8(11)14-7-4-2-3-5-7/h7H,2-6H2,1H3,(H,10,12). The van der Waals surface area contributed by atoms with E-state index in [1.165, 1.54) is 7.11 Å². The van der Waals surface area contributed by atoms with E-state index in [-0.39, 0.29) is 12.6 Å². The van der Waals surface area contributed by atoms with Gasteiger partial charge in [-0.05, 0) is 25.7 Å². The van der Waals surface area contributed by atoms with E-state index in [0.717, 1.165) is 25.7 Å². The predicted molar refractivity (Wildman–Crippen MR) is 48.8 cm³/mol. The van der Waals surface area contributed by atoms with Gasteiger partial charge in [0.2, 0.25) is 0 Å². The van der Waals surface area contributed by atoms with Crippen molar-refractivity contribution in [2.75, 3.05) is 13.7 Å². The maximum Gasteiger partial charge on any atom is 0.407 e. The van der Waals surface area contributed by atoms with Crippen LogP contribution >= 0.6 is 0 Å². The second-order valence-corrected chi connectivity index (χ2v) is 3.24. The third-order valence-corrected chi connectivity index (χ3v) is 2.16. The molecule has 0 unspecified atom stereocenters. The van der Waals surface area contributed by atoms with Crippen LogP contribution < -0.4 is 5.32 Å². The summed E-state index contributed by atoms with van der Waals surface area (Å²) in [6.07, 6.45) is 3.52. The molecular formula is C9H15NO4. The lowest BCUT2D eigenvalue weighted by Crippen LogP contribution is -2.31. The molecule has 0 radical (unpaired) electrons. The number of amides is 1. The van der Waals surface area contributed by atoms with Gasteiger partial charge in [0.1, 0.15) is 12.6 Å². The quantitative estimate of drug-likeness (QED) is 0.687. The number of ether oxygens (including phenoxy) is 2. The molecule has 80 valence electrons. The second-order valence-electron chi connectivity index (χ2n) is 3.24. The molecule has 0 heterocycles. The van der Waals surface area contributed by atoms with Crippen LogP contribution in [0.3, 0.4) is 0 Å². The lowest BCUT2D eigenvalue weighted by Gasteiger charge is -2.11. The van der Waals surface area contributed by atoms with Crippen molar-refractivity contribution in [3.63, 3.8) is 0 Å². The topological polar surface area (TPSA) is 64.6 Å². The molecule has 0 aliphatic heterocycles. The third-order valence-electron chi connectivity index (χ3n) is 2.16. The molecule has 1 saturated carbocycles. The first-order chi connectivity index (χ1) is 6.72. The summed E-state index contributed by atoms with van der Waals surface area (Å²) in [6, 6.07) is 0. The van der Waals surface area contributed by atoms with Crippen molar-refractivity contribution in [1.29, 1.82) is 0 Å². The Balaban J connectivity index is 2.12. The monoisotopic (exact) mass is 201 g/mol. The van der Waals surface area contributed by atoms with E-state index in [1.54, 1.807) is 0 Å². The van der Waals surface area contributed by atoms with E-state index in [1.807, 2.05) is 0 Å². The number of esters is 1. The number of hydrogen-bond donors (Lipinski definition) is 1. The van der Waals surface area contributed by atoms with Crippen molar-refractivity contribution < 1.29 is 19.1 Å². The molecule has 5 heteroatoms. The summed E-state index contributed by atoms with van der Waals surface area (Å²) < 4.78 is 9.41. The highest BCUT2D eigenvalue weighted by Crippen LogP contribution is 2.20. The minimum atomic E-state index is -0.617. The van der Waals surface area contributed by atoms with Gasteiger partial charge in [-0.25, -0.2) is 4.79 Å². The van der Waals surface area contributed by atoms with Crippen LogP contribution in [0.4, 0.5) is 4.79 Å². The van der Waals surface area contributed by atoms with Gasteiger partial charge in [0.05, 0.1) is 7.11 Å². The molecule has 1 rings (SSSR count). The van der Waals surface area contributed by atoms with Crippen molar-refractivity contribution in [3.05, 3.63) is 0 Å². The first-order valence-corrected chi connectivity index (χ1v) is 4.73. The number of hydrogen-bond acceptors (Lipinski definition) is 4. The van der Waals surface area contributed by atoms with E-state index in [0.29, 0.717) is 0 Å². The van der Waals surface area contributed by atoms with Gasteiger partial charge in [0, 0.05) is 0 Å². The second kappa shape index (κ2) is 5.47. The first kappa shape index (κ1) is 10.8. The van der Waals surface area contributed by atoms with E-state index in [4.69, 9.17) is 4.74 Å². The summed E-state index contributed by atoms with van der Waals surface area (Å²) in [4.78, 5) is 21.7. The van der Waals surface area contributed by atoms with Crippen molar-refractivity contribution in [2.45, 2.75) is 31.8 Å². The third kappa shape index (κ3) is 3.64. The van der Waals surface area contributed by atoms with Crippen LogP contribution in [0.2, 0.25) is 0 Å². The molecule has 5 nitrogen and oxygen atoms in total. The fraction of sp³-hybridized carbons (Fsp3) is 0.778. The maximum absolute atomic E-state index is 11.1. The van der Waals surface area contributed by atoms with Crippen molar-refractivity contribution in [1.82, 2.24) is 5.32 Å². The predicted octanol–water partition coefficient (Wildman–Crippen LogP) is 0.828. The van der Waals surface area contributed by atoms with Crippen LogP contribution in [-0.4, -0.2) is 31.8 Å². The van der Waals surface area contributed by atoms with Crippen LogP contribution in [0.15, 0.2) is 0 Å². The summed E-state index contributed by atoms with van der Waals surface area (Å²) in [5.74, 6) is -0.401. The normalized spacial score (nSPS) is 16.4. The largest absolute Gasteiger partial charge is 0.461 e. The Morgan fingerprint density at radius 2 is 2.00 bits per heavy atom. The highest BCUT2D eigenvalue weighted by Gasteiger charge is 2.19. The van der Waals surface area contributed by atoms with E-state index in [9.17, 15) is 9.59 Å². The van der Waals surface area contributed by atoms with Crippen molar-refractivity contribution in [3.8, 4) is 0 Å². The summed E-state index contributed by atoms with van der Waals surface area (Å²) in [5.41, 5.74) is 0. The summed E-state index contributed by atoms with van der Waals surface area (Å²) in [6.45, 7) is -0.122. The molecule has 1 N–H and O–H groups in total.